The normalized spacial score (nSPS) is 26.4. The molecule has 0 spiro atoms. The molecule has 0 aromatic carbocycles. The third kappa shape index (κ3) is 5.16. The summed E-state index contributed by atoms with van der Waals surface area (Å²) in [7, 11) is -4.13. The number of nitrogens with zero attached hydrogens (tertiary/aromatic N) is 4. The Bertz CT molecular complexity index is 1220. The Labute approximate surface area is 224 Å². The number of carbonyl (C=O) groups excluding carboxylic acids is 1. The second-order valence-corrected chi connectivity index (χ2v) is 11.9. The Balaban J connectivity index is 1.66. The van der Waals surface area contributed by atoms with Crippen molar-refractivity contribution in [2.45, 2.75) is 77.2 Å². The number of carbonyl (C=O) groups is 1. The van der Waals surface area contributed by atoms with E-state index in [9.17, 15) is 9.36 Å². The maximum Gasteiger partial charge on any atom is 0.373 e. The lowest BCUT2D eigenvalue weighted by Gasteiger charge is -2.34. The van der Waals surface area contributed by atoms with E-state index in [-0.39, 0.29) is 37.5 Å². The van der Waals surface area contributed by atoms with Gasteiger partial charge in [-0.1, -0.05) is 0 Å². The van der Waals surface area contributed by atoms with E-state index in [2.05, 4.69) is 15.0 Å². The van der Waals surface area contributed by atoms with Crippen LogP contribution >= 0.6 is 19.2 Å². The van der Waals surface area contributed by atoms with E-state index < -0.39 is 49.2 Å². The van der Waals surface area contributed by atoms with Gasteiger partial charge in [-0.3, -0.25) is 9.13 Å². The third-order valence-corrected chi connectivity index (χ3v) is 8.85. The smallest absolute Gasteiger partial charge is 0.373 e. The summed E-state index contributed by atoms with van der Waals surface area (Å²) in [5.74, 6) is -1.72. The summed E-state index contributed by atoms with van der Waals surface area (Å²) in [5, 5.41) is -2.12. The predicted molar refractivity (Wildman–Crippen MR) is 134 cm³/mol. The maximum atomic E-state index is 13.7. The lowest BCUT2D eigenvalue weighted by atomic mass is 10.1. The van der Waals surface area contributed by atoms with Crippen LogP contribution in [0.2, 0.25) is 5.28 Å². The van der Waals surface area contributed by atoms with Gasteiger partial charge in [-0.05, 0) is 53.1 Å². The van der Waals surface area contributed by atoms with Crippen molar-refractivity contribution in [1.82, 2.24) is 19.5 Å². The largest absolute Gasteiger partial charge is 0.463 e. The zero-order chi connectivity index (χ0) is 27.9. The van der Waals surface area contributed by atoms with Crippen molar-refractivity contribution in [2.24, 2.45) is 0 Å². The summed E-state index contributed by atoms with van der Waals surface area (Å²) in [5.41, 5.74) is 6.65. The van der Waals surface area contributed by atoms with Crippen LogP contribution in [-0.4, -0.2) is 81.4 Å². The molecule has 4 rings (SSSR count). The summed E-state index contributed by atoms with van der Waals surface area (Å²) >= 11 is 6.04. The number of rotatable bonds is 11. The van der Waals surface area contributed by atoms with Crippen LogP contribution in [0.4, 0.5) is 5.82 Å². The summed E-state index contributed by atoms with van der Waals surface area (Å²) in [4.78, 5) is 25.5. The number of imidazole rings is 1. The van der Waals surface area contributed by atoms with Gasteiger partial charge in [0.1, 0.15) is 23.8 Å². The first-order valence-corrected chi connectivity index (χ1v) is 14.2. The second kappa shape index (κ2) is 10.9. The van der Waals surface area contributed by atoms with Crippen molar-refractivity contribution in [2.75, 3.05) is 32.2 Å². The lowest BCUT2D eigenvalue weighted by molar-refractivity contribution is -0.206. The lowest BCUT2D eigenvalue weighted by Crippen LogP contribution is -2.44. The average Bonchev–Trinajstić information content (AvgIpc) is 3.48. The Morgan fingerprint density at radius 2 is 1.84 bits per heavy atom. The summed E-state index contributed by atoms with van der Waals surface area (Å²) in [6.45, 7) is 9.60. The minimum absolute atomic E-state index is 0.0225. The van der Waals surface area contributed by atoms with Crippen LogP contribution in [0, 0.1) is 0 Å². The van der Waals surface area contributed by atoms with Crippen LogP contribution in [-0.2, 0) is 42.1 Å². The molecule has 14 nitrogen and oxygen atoms in total. The SMILES string of the molecule is CCOC(=O)C(C)(OC[C@H]1O[C@@H](n2cnc3c(N)nc(Cl)nc32)[C@@H]2OC(C)(C)O[C@@H]21)P(=O)(OCC)OCC. The molecule has 16 heteroatoms. The summed E-state index contributed by atoms with van der Waals surface area (Å²) < 4.78 is 56.1. The van der Waals surface area contributed by atoms with Gasteiger partial charge in [0.15, 0.2) is 23.5 Å². The molecule has 2 aliphatic heterocycles. The van der Waals surface area contributed by atoms with Crippen molar-refractivity contribution in [1.29, 1.82) is 0 Å². The van der Waals surface area contributed by atoms with Gasteiger partial charge >= 0.3 is 13.6 Å². The number of hydrogen-bond donors (Lipinski definition) is 1. The molecule has 2 aliphatic rings. The average molecular weight is 578 g/mol. The fourth-order valence-corrected chi connectivity index (χ4v) is 6.44. The van der Waals surface area contributed by atoms with Gasteiger partial charge in [-0.2, -0.15) is 9.97 Å². The Hall–Kier alpha value is -1.90. The van der Waals surface area contributed by atoms with E-state index in [1.54, 1.807) is 39.2 Å². The highest BCUT2D eigenvalue weighted by Crippen LogP contribution is 2.61. The number of esters is 1. The molecule has 5 atom stereocenters. The minimum Gasteiger partial charge on any atom is -0.463 e. The fourth-order valence-electron chi connectivity index (χ4n) is 4.50. The Kier molecular flexibility index (Phi) is 8.37. The zero-order valence-electron chi connectivity index (χ0n) is 22.1. The van der Waals surface area contributed by atoms with Crippen LogP contribution in [0.3, 0.4) is 0 Å². The monoisotopic (exact) mass is 577 g/mol. The Morgan fingerprint density at radius 3 is 2.47 bits per heavy atom. The van der Waals surface area contributed by atoms with Crippen LogP contribution in [0.5, 0.6) is 0 Å². The molecular formula is C22H33ClN5O9P. The number of fused-ring (bicyclic) bond motifs is 2. The third-order valence-electron chi connectivity index (χ3n) is 6.12. The second-order valence-electron chi connectivity index (χ2n) is 9.18. The van der Waals surface area contributed by atoms with Gasteiger partial charge in [0.25, 0.3) is 5.34 Å². The molecule has 2 fully saturated rings. The van der Waals surface area contributed by atoms with Crippen molar-refractivity contribution in [3.8, 4) is 0 Å². The van der Waals surface area contributed by atoms with E-state index in [4.69, 9.17) is 50.1 Å². The molecule has 0 saturated carbocycles. The molecule has 0 aliphatic carbocycles. The van der Waals surface area contributed by atoms with Crippen molar-refractivity contribution < 1.29 is 42.1 Å². The molecule has 0 radical (unpaired) electrons. The topological polar surface area (TPSA) is 168 Å². The molecule has 38 heavy (non-hydrogen) atoms. The predicted octanol–water partition coefficient (Wildman–Crippen LogP) is 3.04. The number of aromatic nitrogens is 4. The van der Waals surface area contributed by atoms with Gasteiger partial charge < -0.3 is 38.5 Å². The highest BCUT2D eigenvalue weighted by molar-refractivity contribution is 7.56. The molecular weight excluding hydrogens is 545 g/mol. The van der Waals surface area contributed by atoms with Gasteiger partial charge in [0.2, 0.25) is 5.28 Å². The van der Waals surface area contributed by atoms with Gasteiger partial charge in [-0.25, -0.2) is 9.78 Å². The molecule has 0 amide bonds. The van der Waals surface area contributed by atoms with Crippen molar-refractivity contribution in [3.05, 3.63) is 11.6 Å². The van der Waals surface area contributed by atoms with Crippen LogP contribution in [0.1, 0.15) is 47.8 Å². The molecule has 4 heterocycles. The standard InChI is InChI=1S/C22H33ClN5O9P/c1-7-31-19(29)22(6,38(30,33-8-2)34-9-3)32-10-12-14-15(37-21(4,5)36-14)18(35-12)28-11-25-13-16(24)26-20(23)27-17(13)28/h11-12,14-15,18H,7-10H2,1-6H3,(H2,24,26,27)/t12-,14-,15-,18-,22?/m1/s1. The van der Waals surface area contributed by atoms with Gasteiger partial charge in [0.05, 0.1) is 32.8 Å². The van der Waals surface area contributed by atoms with E-state index >= 15 is 0 Å². The van der Waals surface area contributed by atoms with E-state index in [1.165, 1.54) is 13.3 Å². The quantitative estimate of drug-likeness (QED) is 0.235. The van der Waals surface area contributed by atoms with Crippen LogP contribution in [0.15, 0.2) is 6.33 Å². The van der Waals surface area contributed by atoms with Crippen LogP contribution in [0.25, 0.3) is 11.2 Å². The first kappa shape index (κ1) is 29.1. The molecule has 212 valence electrons. The number of nitrogens with two attached hydrogens (primary N) is 1. The Morgan fingerprint density at radius 1 is 1.18 bits per heavy atom. The van der Waals surface area contributed by atoms with Crippen LogP contribution < -0.4 is 5.73 Å². The highest BCUT2D eigenvalue weighted by Gasteiger charge is 2.60. The summed E-state index contributed by atoms with van der Waals surface area (Å²) in [6, 6.07) is 0. The minimum atomic E-state index is -4.13. The first-order valence-electron chi connectivity index (χ1n) is 12.3. The molecule has 2 aromatic heterocycles. The van der Waals surface area contributed by atoms with E-state index in [0.717, 1.165) is 0 Å². The number of ether oxygens (including phenoxy) is 5. The number of anilines is 1. The van der Waals surface area contributed by atoms with E-state index in [0.29, 0.717) is 11.2 Å². The molecule has 0 bridgehead atoms. The summed E-state index contributed by atoms with van der Waals surface area (Å²) in [6.07, 6.45) is -1.31. The highest BCUT2D eigenvalue weighted by atomic mass is 35.5. The number of hydrogen-bond acceptors (Lipinski definition) is 13. The van der Waals surface area contributed by atoms with Gasteiger partial charge in [-0.15, -0.1) is 0 Å². The molecule has 2 aromatic rings. The maximum absolute atomic E-state index is 13.7. The molecule has 2 saturated heterocycles. The number of nitrogen functional groups attached to an aromatic ring is 1. The number of halogens is 1. The van der Waals surface area contributed by atoms with E-state index in [1.807, 2.05) is 0 Å². The molecule has 2 N–H and O–H groups in total. The fraction of sp³-hybridized carbons (Fsp3) is 0.727. The van der Waals surface area contributed by atoms with Crippen molar-refractivity contribution >= 4 is 42.1 Å². The first-order chi connectivity index (χ1) is 17.9. The van der Waals surface area contributed by atoms with Gasteiger partial charge in [0, 0.05) is 0 Å². The van der Waals surface area contributed by atoms with Crippen molar-refractivity contribution in [3.63, 3.8) is 0 Å². The molecule has 1 unspecified atom stereocenters. The zero-order valence-corrected chi connectivity index (χ0v) is 23.7.